The third kappa shape index (κ3) is 4.75. The number of alkyl halides is 3. The summed E-state index contributed by atoms with van der Waals surface area (Å²) in [5, 5.41) is 22.0. The van der Waals surface area contributed by atoms with Crippen LogP contribution in [0.15, 0.2) is 47.3 Å². The highest BCUT2D eigenvalue weighted by atomic mass is 35.6. The standard InChI is InChI=1S/C20H21Cl3N4O4/c21-20(22,23)19(24-18(29)13-3-1-4-15(8-13)27(30)31)25-9-12-7-14(11-25)16-5-2-6-17(28)26(16)10-12/h1-6,8,12,14,19,27,30H,7,9-11H2,(H,24,29)/t12-,14-,19+/m1/s1. The number of carbonyl (C=O) groups excluding carboxylic acids is 1. The number of nitrogens with zero attached hydrogens (tertiary/aromatic N) is 2. The van der Waals surface area contributed by atoms with Gasteiger partial charge in [0.15, 0.2) is 5.69 Å². The van der Waals surface area contributed by atoms with Crippen molar-refractivity contribution in [3.05, 3.63) is 69.3 Å². The van der Waals surface area contributed by atoms with E-state index in [4.69, 9.17) is 34.8 Å². The molecule has 4 atom stereocenters. The fraction of sp³-hybridized carbons (Fsp3) is 0.400. The van der Waals surface area contributed by atoms with Crippen molar-refractivity contribution in [1.82, 2.24) is 14.8 Å². The lowest BCUT2D eigenvalue weighted by atomic mass is 9.83. The topological polar surface area (TPSA) is 102 Å². The molecule has 3 N–H and O–H groups in total. The molecule has 2 aliphatic heterocycles. The van der Waals surface area contributed by atoms with Crippen LogP contribution < -0.4 is 16.1 Å². The van der Waals surface area contributed by atoms with Gasteiger partial charge in [-0.1, -0.05) is 46.9 Å². The molecule has 0 radical (unpaired) electrons. The molecule has 2 aliphatic rings. The number of hydrogen-bond acceptors (Lipinski definition) is 5. The highest BCUT2D eigenvalue weighted by Gasteiger charge is 2.44. The first-order valence-electron chi connectivity index (χ1n) is 9.78. The van der Waals surface area contributed by atoms with Crippen molar-refractivity contribution in [3.8, 4) is 0 Å². The predicted octanol–water partition coefficient (Wildman–Crippen LogP) is 1.80. The second-order valence-corrected chi connectivity index (χ2v) is 10.3. The number of hydrogen-bond donors (Lipinski definition) is 3. The second-order valence-electron chi connectivity index (χ2n) is 7.96. The molecule has 1 unspecified atom stereocenters. The molecule has 1 aromatic heterocycles. The number of benzene rings is 1. The molecule has 11 heteroatoms. The third-order valence-corrected chi connectivity index (χ3v) is 6.44. The Morgan fingerprint density at radius 1 is 1.19 bits per heavy atom. The van der Waals surface area contributed by atoms with Crippen molar-refractivity contribution in [1.29, 1.82) is 0 Å². The monoisotopic (exact) mass is 486 g/mol. The number of halogens is 3. The van der Waals surface area contributed by atoms with E-state index in [1.165, 1.54) is 24.3 Å². The normalized spacial score (nSPS) is 23.0. The Labute approximate surface area is 193 Å². The van der Waals surface area contributed by atoms with Gasteiger partial charge in [-0.2, -0.15) is 5.23 Å². The summed E-state index contributed by atoms with van der Waals surface area (Å²) in [6.45, 7) is 1.63. The Balaban J connectivity index is 1.58. The van der Waals surface area contributed by atoms with Crippen LogP contribution in [0.4, 0.5) is 5.69 Å². The fourth-order valence-electron chi connectivity index (χ4n) is 4.53. The van der Waals surface area contributed by atoms with Crippen molar-refractivity contribution >= 4 is 46.4 Å². The summed E-state index contributed by atoms with van der Waals surface area (Å²) in [6.07, 6.45) is -0.00742. The lowest BCUT2D eigenvalue weighted by Gasteiger charge is -2.47. The zero-order valence-electron chi connectivity index (χ0n) is 16.3. The molecule has 2 bridgehead atoms. The number of pyridine rings is 1. The van der Waals surface area contributed by atoms with E-state index >= 15 is 0 Å². The predicted molar refractivity (Wildman–Crippen MR) is 117 cm³/mol. The maximum atomic E-state index is 12.9. The number of aromatic nitrogens is 1. The van der Waals surface area contributed by atoms with Crippen LogP contribution in [0.2, 0.25) is 0 Å². The van der Waals surface area contributed by atoms with Crippen LogP contribution in [0.25, 0.3) is 0 Å². The summed E-state index contributed by atoms with van der Waals surface area (Å²) in [5.74, 6) is -0.288. The molecule has 3 heterocycles. The fourth-order valence-corrected chi connectivity index (χ4v) is 5.10. The number of nitrogens with one attached hydrogen (secondary N) is 2. The zero-order chi connectivity index (χ0) is 22.3. The van der Waals surface area contributed by atoms with Crippen molar-refractivity contribution in [3.63, 3.8) is 0 Å². The van der Waals surface area contributed by atoms with Gasteiger partial charge in [0.05, 0.1) is 0 Å². The smallest absolute Gasteiger partial charge is 0.252 e. The minimum Gasteiger partial charge on any atom is -0.595 e. The summed E-state index contributed by atoms with van der Waals surface area (Å²) in [6, 6.07) is 10.9. The maximum absolute atomic E-state index is 12.9. The number of quaternary nitrogens is 1. The van der Waals surface area contributed by atoms with E-state index < -0.39 is 21.1 Å². The van der Waals surface area contributed by atoms with Crippen molar-refractivity contribution < 1.29 is 15.2 Å². The van der Waals surface area contributed by atoms with Gasteiger partial charge in [-0.05, 0) is 24.5 Å². The largest absolute Gasteiger partial charge is 0.595 e. The van der Waals surface area contributed by atoms with Crippen LogP contribution in [-0.2, 0) is 6.54 Å². The van der Waals surface area contributed by atoms with Gasteiger partial charge in [-0.25, -0.2) is 5.21 Å². The molecule has 31 heavy (non-hydrogen) atoms. The SMILES string of the molecule is O=C(N[C@@H](N1C[C@H]2C[C@H](C1)c1cccc(=O)n1C2)C(Cl)(Cl)Cl)c1cccc([NH+]([O-])O)c1. The summed E-state index contributed by atoms with van der Waals surface area (Å²) < 4.78 is -0.0153. The van der Waals surface area contributed by atoms with E-state index in [9.17, 15) is 20.0 Å². The van der Waals surface area contributed by atoms with Gasteiger partial charge in [0.1, 0.15) is 6.17 Å². The minimum absolute atomic E-state index is 0.00682. The van der Waals surface area contributed by atoms with Gasteiger partial charge in [0.2, 0.25) is 3.79 Å². The molecule has 1 aromatic carbocycles. The summed E-state index contributed by atoms with van der Waals surface area (Å²) in [5.41, 5.74) is 1.07. The summed E-state index contributed by atoms with van der Waals surface area (Å²) in [7, 11) is 0. The molecule has 0 saturated carbocycles. The van der Waals surface area contributed by atoms with E-state index in [0.29, 0.717) is 19.6 Å². The van der Waals surface area contributed by atoms with Gasteiger partial charge < -0.3 is 15.1 Å². The minimum atomic E-state index is -1.82. The van der Waals surface area contributed by atoms with Gasteiger partial charge in [0.25, 0.3) is 11.5 Å². The number of piperidine rings is 1. The Morgan fingerprint density at radius 2 is 1.94 bits per heavy atom. The highest BCUT2D eigenvalue weighted by molar-refractivity contribution is 6.68. The average molecular weight is 488 g/mol. The van der Waals surface area contributed by atoms with Crippen molar-refractivity contribution in [2.75, 3.05) is 13.1 Å². The number of carbonyl (C=O) groups is 1. The molecule has 8 nitrogen and oxygen atoms in total. The van der Waals surface area contributed by atoms with E-state index in [-0.39, 0.29) is 28.6 Å². The first-order valence-corrected chi connectivity index (χ1v) is 10.9. The molecule has 4 rings (SSSR count). The molecular formula is C20H21Cl3N4O4. The Kier molecular flexibility index (Phi) is 6.33. The van der Waals surface area contributed by atoms with Crippen LogP contribution in [0.5, 0.6) is 0 Å². The van der Waals surface area contributed by atoms with Gasteiger partial charge >= 0.3 is 0 Å². The molecule has 1 fully saturated rings. The quantitative estimate of drug-likeness (QED) is 0.451. The van der Waals surface area contributed by atoms with Crippen LogP contribution in [-0.4, -0.2) is 43.6 Å². The number of likely N-dealkylation sites (tertiary alicyclic amines) is 1. The van der Waals surface area contributed by atoms with Crippen LogP contribution in [0.3, 0.4) is 0 Å². The average Bonchev–Trinajstić information content (AvgIpc) is 2.71. The Hall–Kier alpha value is -1.65. The second kappa shape index (κ2) is 8.71. The molecule has 2 aromatic rings. The molecular weight excluding hydrogens is 467 g/mol. The van der Waals surface area contributed by atoms with E-state index in [0.717, 1.165) is 12.1 Å². The van der Waals surface area contributed by atoms with E-state index in [2.05, 4.69) is 5.32 Å². The Bertz CT molecular complexity index is 1040. The maximum Gasteiger partial charge on any atom is 0.252 e. The van der Waals surface area contributed by atoms with Crippen LogP contribution >= 0.6 is 34.8 Å². The molecule has 0 aliphatic carbocycles. The first-order chi connectivity index (χ1) is 14.6. The van der Waals surface area contributed by atoms with E-state index in [1.807, 2.05) is 11.0 Å². The van der Waals surface area contributed by atoms with E-state index in [1.54, 1.807) is 16.7 Å². The number of fused-ring (bicyclic) bond motifs is 4. The third-order valence-electron chi connectivity index (χ3n) is 5.82. The molecule has 166 valence electrons. The molecule has 1 amide bonds. The van der Waals surface area contributed by atoms with Crippen molar-refractivity contribution in [2.45, 2.75) is 28.8 Å². The Morgan fingerprint density at radius 3 is 2.65 bits per heavy atom. The van der Waals surface area contributed by atoms with Gasteiger partial charge in [0, 0.05) is 55.0 Å². The number of rotatable bonds is 4. The summed E-state index contributed by atoms with van der Waals surface area (Å²) in [4.78, 5) is 27.0. The lowest BCUT2D eigenvalue weighted by molar-refractivity contribution is -0.991. The van der Waals surface area contributed by atoms with Gasteiger partial charge in [-0.3, -0.25) is 14.5 Å². The lowest BCUT2D eigenvalue weighted by Crippen LogP contribution is -2.99. The number of amides is 1. The van der Waals surface area contributed by atoms with Crippen LogP contribution in [0.1, 0.15) is 28.4 Å². The highest BCUT2D eigenvalue weighted by Crippen LogP contribution is 2.40. The summed E-state index contributed by atoms with van der Waals surface area (Å²) >= 11 is 18.8. The molecule has 1 saturated heterocycles. The molecule has 0 spiro atoms. The zero-order valence-corrected chi connectivity index (χ0v) is 18.6. The van der Waals surface area contributed by atoms with Gasteiger partial charge in [-0.15, -0.1) is 0 Å². The van der Waals surface area contributed by atoms with Crippen molar-refractivity contribution in [2.24, 2.45) is 5.92 Å². The first kappa shape index (κ1) is 22.5. The van der Waals surface area contributed by atoms with Crippen LogP contribution in [0, 0.1) is 11.1 Å².